The summed E-state index contributed by atoms with van der Waals surface area (Å²) in [5.41, 5.74) is 1.14. The lowest BCUT2D eigenvalue weighted by Gasteiger charge is -2.36. The zero-order valence-electron chi connectivity index (χ0n) is 11.5. The van der Waals surface area contributed by atoms with Crippen LogP contribution in [0, 0.1) is 27.4 Å². The van der Waals surface area contributed by atoms with Crippen molar-refractivity contribution in [1.29, 1.82) is 5.26 Å². The normalized spacial score (nSPS) is 17.5. The highest BCUT2D eigenvalue weighted by molar-refractivity contribution is 5.51. The minimum atomic E-state index is -0.384. The van der Waals surface area contributed by atoms with Crippen LogP contribution in [0.5, 0.6) is 0 Å². The molecule has 0 aromatic heterocycles. The Hall–Kier alpha value is -2.13. The fourth-order valence-electron chi connectivity index (χ4n) is 2.40. The lowest BCUT2D eigenvalue weighted by molar-refractivity contribution is -0.384. The van der Waals surface area contributed by atoms with Gasteiger partial charge in [0.1, 0.15) is 0 Å². The standard InChI is InChI=1S/C14H18N4O2/c1-12(10-15)11-16-6-8-17(9-7-16)13-2-4-14(5-3-13)18(19)20/h2-5,12H,6-9,11H2,1H3/t12-/m1/s1. The summed E-state index contributed by atoms with van der Waals surface area (Å²) < 4.78 is 0. The summed E-state index contributed by atoms with van der Waals surface area (Å²) in [5.74, 6) is 0.0564. The Bertz CT molecular complexity index is 501. The van der Waals surface area contributed by atoms with E-state index < -0.39 is 0 Å². The van der Waals surface area contributed by atoms with Gasteiger partial charge in [0.05, 0.1) is 16.9 Å². The maximum absolute atomic E-state index is 10.6. The number of benzene rings is 1. The third-order valence-corrected chi connectivity index (χ3v) is 3.55. The first-order valence-corrected chi connectivity index (χ1v) is 6.71. The van der Waals surface area contributed by atoms with Gasteiger partial charge in [-0.3, -0.25) is 15.0 Å². The van der Waals surface area contributed by atoms with Crippen molar-refractivity contribution >= 4 is 11.4 Å². The number of nitro groups is 1. The molecule has 1 saturated heterocycles. The van der Waals surface area contributed by atoms with Gasteiger partial charge in [-0.05, 0) is 19.1 Å². The third-order valence-electron chi connectivity index (χ3n) is 3.55. The first-order chi connectivity index (χ1) is 9.60. The number of hydrogen-bond donors (Lipinski definition) is 0. The van der Waals surface area contributed by atoms with Crippen molar-refractivity contribution in [3.8, 4) is 6.07 Å². The van der Waals surface area contributed by atoms with Crippen LogP contribution in [0.2, 0.25) is 0 Å². The van der Waals surface area contributed by atoms with Gasteiger partial charge in [-0.1, -0.05) is 0 Å². The van der Waals surface area contributed by atoms with Crippen molar-refractivity contribution in [2.24, 2.45) is 5.92 Å². The molecule has 1 aliphatic rings. The number of non-ortho nitro benzene ring substituents is 1. The lowest BCUT2D eigenvalue weighted by atomic mass is 10.1. The molecule has 106 valence electrons. The number of nitro benzene ring substituents is 1. The van der Waals surface area contributed by atoms with E-state index in [2.05, 4.69) is 15.9 Å². The van der Waals surface area contributed by atoms with Crippen LogP contribution in [0.1, 0.15) is 6.92 Å². The Morgan fingerprint density at radius 3 is 2.40 bits per heavy atom. The summed E-state index contributed by atoms with van der Waals surface area (Å²) in [7, 11) is 0. The van der Waals surface area contributed by atoms with E-state index in [1.165, 1.54) is 0 Å². The molecule has 1 aromatic carbocycles. The average molecular weight is 274 g/mol. The minimum Gasteiger partial charge on any atom is -0.369 e. The molecule has 1 atom stereocenters. The van der Waals surface area contributed by atoms with Crippen LogP contribution in [-0.4, -0.2) is 42.5 Å². The molecule has 1 fully saturated rings. The molecule has 2 rings (SSSR count). The van der Waals surface area contributed by atoms with E-state index in [-0.39, 0.29) is 16.5 Å². The molecule has 1 aromatic rings. The van der Waals surface area contributed by atoms with E-state index in [4.69, 9.17) is 5.26 Å². The van der Waals surface area contributed by atoms with Crippen molar-refractivity contribution < 1.29 is 4.92 Å². The van der Waals surface area contributed by atoms with Crippen LogP contribution in [0.25, 0.3) is 0 Å². The van der Waals surface area contributed by atoms with Gasteiger partial charge in [-0.2, -0.15) is 5.26 Å². The summed E-state index contributed by atoms with van der Waals surface area (Å²) >= 11 is 0. The van der Waals surface area contributed by atoms with Gasteiger partial charge in [0.2, 0.25) is 0 Å². The molecular formula is C14H18N4O2. The average Bonchev–Trinajstić information content (AvgIpc) is 2.48. The van der Waals surface area contributed by atoms with Crippen LogP contribution < -0.4 is 4.90 Å². The fraction of sp³-hybridized carbons (Fsp3) is 0.500. The zero-order chi connectivity index (χ0) is 14.5. The summed E-state index contributed by atoms with van der Waals surface area (Å²) in [4.78, 5) is 14.7. The van der Waals surface area contributed by atoms with E-state index >= 15 is 0 Å². The predicted molar refractivity (Wildman–Crippen MR) is 76.5 cm³/mol. The zero-order valence-corrected chi connectivity index (χ0v) is 11.5. The van der Waals surface area contributed by atoms with Gasteiger partial charge in [0.15, 0.2) is 0 Å². The summed E-state index contributed by atoms with van der Waals surface area (Å²) in [6, 6.07) is 8.93. The van der Waals surface area contributed by atoms with Gasteiger partial charge in [0.25, 0.3) is 5.69 Å². The van der Waals surface area contributed by atoms with Gasteiger partial charge >= 0.3 is 0 Å². The fourth-order valence-corrected chi connectivity index (χ4v) is 2.40. The Morgan fingerprint density at radius 2 is 1.90 bits per heavy atom. The molecule has 20 heavy (non-hydrogen) atoms. The van der Waals surface area contributed by atoms with Gasteiger partial charge < -0.3 is 4.90 Å². The van der Waals surface area contributed by atoms with Crippen molar-refractivity contribution in [2.45, 2.75) is 6.92 Å². The second kappa shape index (κ2) is 6.35. The molecule has 6 heteroatoms. The quantitative estimate of drug-likeness (QED) is 0.619. The first kappa shape index (κ1) is 14.3. The molecule has 1 aliphatic heterocycles. The predicted octanol–water partition coefficient (Wildman–Crippen LogP) is 1.88. The van der Waals surface area contributed by atoms with E-state index in [1.807, 2.05) is 6.92 Å². The SMILES string of the molecule is C[C@H](C#N)CN1CCN(c2ccc([N+](=O)[O-])cc2)CC1. The minimum absolute atomic E-state index is 0.0564. The van der Waals surface area contributed by atoms with Crippen LogP contribution in [0.3, 0.4) is 0 Å². The van der Waals surface area contributed by atoms with Crippen molar-refractivity contribution in [3.63, 3.8) is 0 Å². The summed E-state index contributed by atoms with van der Waals surface area (Å²) in [6.07, 6.45) is 0. The van der Waals surface area contributed by atoms with E-state index in [0.717, 1.165) is 38.4 Å². The first-order valence-electron chi connectivity index (χ1n) is 6.71. The second-order valence-electron chi connectivity index (χ2n) is 5.09. The summed E-state index contributed by atoms with van der Waals surface area (Å²) in [6.45, 7) is 6.35. The van der Waals surface area contributed by atoms with Gasteiger partial charge in [-0.15, -0.1) is 0 Å². The van der Waals surface area contributed by atoms with Crippen molar-refractivity contribution in [1.82, 2.24) is 4.90 Å². The Labute approximate surface area is 118 Å². The smallest absolute Gasteiger partial charge is 0.269 e. The molecule has 0 saturated carbocycles. The highest BCUT2D eigenvalue weighted by atomic mass is 16.6. The molecule has 0 spiro atoms. The number of rotatable bonds is 4. The number of piperazine rings is 1. The number of nitrogens with zero attached hydrogens (tertiary/aromatic N) is 4. The van der Waals surface area contributed by atoms with Crippen LogP contribution in [-0.2, 0) is 0 Å². The highest BCUT2D eigenvalue weighted by Gasteiger charge is 2.19. The molecule has 0 aliphatic carbocycles. The number of nitriles is 1. The Balaban J connectivity index is 1.90. The van der Waals surface area contributed by atoms with Crippen molar-refractivity contribution in [2.75, 3.05) is 37.6 Å². The van der Waals surface area contributed by atoms with Gasteiger partial charge in [0, 0.05) is 50.5 Å². The molecule has 0 bridgehead atoms. The second-order valence-corrected chi connectivity index (χ2v) is 5.09. The monoisotopic (exact) mass is 274 g/mol. The van der Waals surface area contributed by atoms with E-state index in [9.17, 15) is 10.1 Å². The lowest BCUT2D eigenvalue weighted by Crippen LogP contribution is -2.47. The summed E-state index contributed by atoms with van der Waals surface area (Å²) in [5, 5.41) is 19.4. The maximum atomic E-state index is 10.6. The third kappa shape index (κ3) is 3.45. The number of anilines is 1. The molecule has 0 unspecified atom stereocenters. The largest absolute Gasteiger partial charge is 0.369 e. The topological polar surface area (TPSA) is 73.4 Å². The van der Waals surface area contributed by atoms with Crippen LogP contribution in [0.4, 0.5) is 11.4 Å². The highest BCUT2D eigenvalue weighted by Crippen LogP contribution is 2.20. The molecular weight excluding hydrogens is 256 g/mol. The molecule has 0 N–H and O–H groups in total. The molecule has 1 heterocycles. The molecule has 0 radical (unpaired) electrons. The van der Waals surface area contributed by atoms with E-state index in [1.54, 1.807) is 24.3 Å². The molecule has 6 nitrogen and oxygen atoms in total. The molecule has 0 amide bonds. The van der Waals surface area contributed by atoms with Gasteiger partial charge in [-0.25, -0.2) is 0 Å². The van der Waals surface area contributed by atoms with Crippen LogP contribution >= 0.6 is 0 Å². The number of hydrogen-bond acceptors (Lipinski definition) is 5. The maximum Gasteiger partial charge on any atom is 0.269 e. The van der Waals surface area contributed by atoms with Crippen molar-refractivity contribution in [3.05, 3.63) is 34.4 Å². The van der Waals surface area contributed by atoms with E-state index in [0.29, 0.717) is 0 Å². The van der Waals surface area contributed by atoms with Crippen LogP contribution in [0.15, 0.2) is 24.3 Å². The Morgan fingerprint density at radius 1 is 1.30 bits per heavy atom. The Kier molecular flexibility index (Phi) is 4.53.